The average Bonchev–Trinajstić information content (AvgIpc) is 2.61. The molecule has 134 valence electrons. The van der Waals surface area contributed by atoms with Crippen molar-refractivity contribution in [1.29, 1.82) is 0 Å². The molecular weight excluding hydrogens is 302 g/mol. The largest absolute Gasteiger partial charge is 0.209 e. The Morgan fingerprint density at radius 2 is 1.46 bits per heavy atom. The van der Waals surface area contributed by atoms with E-state index in [4.69, 9.17) is 0 Å². The molecule has 0 saturated heterocycles. The summed E-state index contributed by atoms with van der Waals surface area (Å²) in [5.41, 5.74) is 1.55. The van der Waals surface area contributed by atoms with Crippen LogP contribution in [0.15, 0.2) is 30.1 Å². The molecule has 1 fully saturated rings. The summed E-state index contributed by atoms with van der Waals surface area (Å²) in [5.74, 6) is 0.195. The highest BCUT2D eigenvalue weighted by molar-refractivity contribution is 5.61. The molecule has 0 N–H and O–H groups in total. The highest BCUT2D eigenvalue weighted by Crippen LogP contribution is 2.35. The number of benzene rings is 1. The van der Waals surface area contributed by atoms with Crippen molar-refractivity contribution in [3.8, 4) is 0 Å². The lowest BCUT2D eigenvalue weighted by molar-refractivity contribution is 0.249. The van der Waals surface area contributed by atoms with Crippen molar-refractivity contribution < 1.29 is 8.78 Å². The molecule has 2 rings (SSSR count). The zero-order valence-corrected chi connectivity index (χ0v) is 15.3. The SMILES string of the molecule is CCCc1ccc(/C(F)=C(\F)CCC2CCC(CCC)CC2)cc1. The second-order valence-electron chi connectivity index (χ2n) is 7.38. The zero-order valence-electron chi connectivity index (χ0n) is 15.3. The fourth-order valence-corrected chi connectivity index (χ4v) is 3.92. The Hall–Kier alpha value is -1.18. The second kappa shape index (κ2) is 9.96. The van der Waals surface area contributed by atoms with Crippen molar-refractivity contribution in [2.45, 2.75) is 78.1 Å². The molecule has 1 saturated carbocycles. The lowest BCUT2D eigenvalue weighted by Crippen LogP contribution is -2.14. The van der Waals surface area contributed by atoms with Crippen LogP contribution in [-0.4, -0.2) is 0 Å². The molecule has 2 heteroatoms. The summed E-state index contributed by atoms with van der Waals surface area (Å²) < 4.78 is 28.5. The first-order valence-corrected chi connectivity index (χ1v) is 9.77. The Morgan fingerprint density at radius 1 is 0.875 bits per heavy atom. The van der Waals surface area contributed by atoms with Crippen LogP contribution >= 0.6 is 0 Å². The van der Waals surface area contributed by atoms with Crippen LogP contribution in [-0.2, 0) is 6.42 Å². The summed E-state index contributed by atoms with van der Waals surface area (Å²) in [4.78, 5) is 0. The van der Waals surface area contributed by atoms with Gasteiger partial charge in [0.1, 0.15) is 5.83 Å². The molecule has 0 heterocycles. The molecule has 0 aliphatic heterocycles. The van der Waals surface area contributed by atoms with E-state index in [9.17, 15) is 8.78 Å². The van der Waals surface area contributed by atoms with Crippen molar-refractivity contribution in [2.24, 2.45) is 11.8 Å². The van der Waals surface area contributed by atoms with Crippen LogP contribution in [0.2, 0.25) is 0 Å². The fourth-order valence-electron chi connectivity index (χ4n) is 3.92. The first-order chi connectivity index (χ1) is 11.6. The van der Waals surface area contributed by atoms with Gasteiger partial charge in [-0.15, -0.1) is 0 Å². The molecule has 0 atom stereocenters. The van der Waals surface area contributed by atoms with E-state index in [0.29, 0.717) is 11.5 Å². The van der Waals surface area contributed by atoms with Crippen molar-refractivity contribution >= 4 is 5.83 Å². The van der Waals surface area contributed by atoms with Gasteiger partial charge in [0.05, 0.1) is 0 Å². The summed E-state index contributed by atoms with van der Waals surface area (Å²) in [6.45, 7) is 4.35. The Bertz CT molecular complexity index is 507. The third-order valence-electron chi connectivity index (χ3n) is 5.42. The van der Waals surface area contributed by atoms with Crippen LogP contribution < -0.4 is 0 Å². The maximum atomic E-state index is 14.3. The maximum Gasteiger partial charge on any atom is 0.161 e. The van der Waals surface area contributed by atoms with Gasteiger partial charge in [0.2, 0.25) is 0 Å². The number of halogens is 2. The van der Waals surface area contributed by atoms with Gasteiger partial charge in [0.15, 0.2) is 5.83 Å². The Balaban J connectivity index is 1.84. The lowest BCUT2D eigenvalue weighted by Gasteiger charge is -2.28. The van der Waals surface area contributed by atoms with Crippen molar-refractivity contribution in [1.82, 2.24) is 0 Å². The number of rotatable bonds is 8. The van der Waals surface area contributed by atoms with E-state index >= 15 is 0 Å². The van der Waals surface area contributed by atoms with Crippen LogP contribution in [0.4, 0.5) is 8.78 Å². The molecule has 24 heavy (non-hydrogen) atoms. The highest BCUT2D eigenvalue weighted by Gasteiger charge is 2.21. The number of aryl methyl sites for hydroxylation is 1. The molecule has 0 bridgehead atoms. The monoisotopic (exact) mass is 334 g/mol. The molecular formula is C22H32F2. The van der Waals surface area contributed by atoms with Gasteiger partial charge < -0.3 is 0 Å². The van der Waals surface area contributed by atoms with E-state index in [1.807, 2.05) is 12.1 Å². The molecule has 0 radical (unpaired) electrons. The quantitative estimate of drug-likeness (QED) is 0.458. The minimum atomic E-state index is -0.669. The van der Waals surface area contributed by atoms with Crippen LogP contribution in [0.5, 0.6) is 0 Å². The molecule has 0 unspecified atom stereocenters. The minimum Gasteiger partial charge on any atom is -0.209 e. The third-order valence-corrected chi connectivity index (χ3v) is 5.42. The molecule has 0 aromatic heterocycles. The van der Waals surface area contributed by atoms with Gasteiger partial charge >= 0.3 is 0 Å². The summed E-state index contributed by atoms with van der Waals surface area (Å²) in [5, 5.41) is 0. The van der Waals surface area contributed by atoms with Crippen molar-refractivity contribution in [2.75, 3.05) is 0 Å². The smallest absolute Gasteiger partial charge is 0.161 e. The first kappa shape index (κ1) is 19.1. The Morgan fingerprint density at radius 3 is 2.00 bits per heavy atom. The minimum absolute atomic E-state index is 0.242. The van der Waals surface area contributed by atoms with Gasteiger partial charge in [-0.05, 0) is 30.2 Å². The van der Waals surface area contributed by atoms with Crippen LogP contribution in [0.25, 0.3) is 5.83 Å². The van der Waals surface area contributed by atoms with E-state index in [1.54, 1.807) is 12.1 Å². The topological polar surface area (TPSA) is 0 Å². The predicted molar refractivity (Wildman–Crippen MR) is 99.2 cm³/mol. The number of allylic oxidation sites excluding steroid dienone is 1. The summed E-state index contributed by atoms with van der Waals surface area (Å²) >= 11 is 0. The van der Waals surface area contributed by atoms with E-state index in [-0.39, 0.29) is 6.42 Å². The van der Waals surface area contributed by atoms with Gasteiger partial charge in [-0.25, -0.2) is 8.78 Å². The first-order valence-electron chi connectivity index (χ1n) is 9.77. The van der Waals surface area contributed by atoms with Gasteiger partial charge in [0.25, 0.3) is 0 Å². The highest BCUT2D eigenvalue weighted by atomic mass is 19.2. The molecule has 1 aliphatic rings. The van der Waals surface area contributed by atoms with E-state index in [2.05, 4.69) is 13.8 Å². The molecule has 1 aromatic carbocycles. The zero-order chi connectivity index (χ0) is 17.4. The van der Waals surface area contributed by atoms with Gasteiger partial charge in [-0.1, -0.05) is 83.1 Å². The van der Waals surface area contributed by atoms with Crippen molar-refractivity contribution in [3.05, 3.63) is 41.2 Å². The van der Waals surface area contributed by atoms with Gasteiger partial charge in [-0.3, -0.25) is 0 Å². The molecule has 1 aliphatic carbocycles. The van der Waals surface area contributed by atoms with Crippen LogP contribution in [0.1, 0.15) is 82.8 Å². The van der Waals surface area contributed by atoms with Gasteiger partial charge in [-0.2, -0.15) is 0 Å². The van der Waals surface area contributed by atoms with E-state index < -0.39 is 11.7 Å². The number of hydrogen-bond donors (Lipinski definition) is 0. The summed E-state index contributed by atoms with van der Waals surface area (Å²) in [6.07, 6.45) is 10.6. The van der Waals surface area contributed by atoms with Crippen molar-refractivity contribution in [3.63, 3.8) is 0 Å². The van der Waals surface area contributed by atoms with E-state index in [0.717, 1.165) is 25.2 Å². The fraction of sp³-hybridized carbons (Fsp3) is 0.636. The molecule has 1 aromatic rings. The van der Waals surface area contributed by atoms with E-state index in [1.165, 1.54) is 44.1 Å². The summed E-state index contributed by atoms with van der Waals surface area (Å²) in [7, 11) is 0. The molecule has 0 amide bonds. The lowest BCUT2D eigenvalue weighted by atomic mass is 9.78. The predicted octanol–water partition coefficient (Wildman–Crippen LogP) is 7.63. The Kier molecular flexibility index (Phi) is 7.94. The maximum absolute atomic E-state index is 14.3. The van der Waals surface area contributed by atoms with Crippen LogP contribution in [0.3, 0.4) is 0 Å². The normalized spacial score (nSPS) is 22.3. The average molecular weight is 334 g/mol. The third kappa shape index (κ3) is 5.72. The Labute approximate surface area is 146 Å². The summed E-state index contributed by atoms with van der Waals surface area (Å²) in [6, 6.07) is 7.22. The second-order valence-corrected chi connectivity index (χ2v) is 7.38. The molecule has 0 nitrogen and oxygen atoms in total. The standard InChI is InChI=1S/C22H32F2/c1-3-5-17-7-9-19(10-8-17)13-16-21(23)22(24)20-14-11-18(6-4-2)12-15-20/h11-12,14-15,17,19H,3-10,13,16H2,1-2H3/b22-21+. The molecule has 0 spiro atoms. The number of hydrogen-bond acceptors (Lipinski definition) is 0. The van der Waals surface area contributed by atoms with Crippen LogP contribution in [0, 0.1) is 11.8 Å². The van der Waals surface area contributed by atoms with Gasteiger partial charge in [0, 0.05) is 12.0 Å².